The highest BCUT2D eigenvalue weighted by atomic mass is 79.9. The van der Waals surface area contributed by atoms with Crippen molar-refractivity contribution in [3.63, 3.8) is 0 Å². The van der Waals surface area contributed by atoms with Gasteiger partial charge in [0.2, 0.25) is 0 Å². The van der Waals surface area contributed by atoms with Crippen LogP contribution in [0.5, 0.6) is 11.5 Å². The fraction of sp³-hybridized carbons (Fsp3) is 0.208. The molecule has 6 heteroatoms. The van der Waals surface area contributed by atoms with Crippen molar-refractivity contribution in [2.24, 2.45) is 0 Å². The van der Waals surface area contributed by atoms with E-state index in [2.05, 4.69) is 15.9 Å². The van der Waals surface area contributed by atoms with Crippen molar-refractivity contribution in [2.45, 2.75) is 25.4 Å². The first-order valence-corrected chi connectivity index (χ1v) is 10.5. The van der Waals surface area contributed by atoms with E-state index in [0.29, 0.717) is 24.5 Å². The Kier molecular flexibility index (Phi) is 5.29. The number of benzene rings is 3. The molecule has 0 aromatic heterocycles. The first-order chi connectivity index (χ1) is 14.7. The van der Waals surface area contributed by atoms with Crippen LogP contribution in [0.2, 0.25) is 0 Å². The number of Topliss-reactive ketones (excluding diaryl/α,β-unsaturated/α-hetero) is 1. The molecular formula is C24H19BrO5. The Hall–Kier alpha value is -2.67. The molecule has 2 atom stereocenters. The van der Waals surface area contributed by atoms with Crippen molar-refractivity contribution in [1.82, 2.24) is 0 Å². The molecule has 0 aliphatic carbocycles. The zero-order valence-electron chi connectivity index (χ0n) is 16.0. The molecule has 1 fully saturated rings. The number of rotatable bonds is 6. The molecule has 0 saturated carbocycles. The third-order valence-electron chi connectivity index (χ3n) is 5.15. The molecule has 30 heavy (non-hydrogen) atoms. The van der Waals surface area contributed by atoms with E-state index in [0.717, 1.165) is 26.9 Å². The number of ketones is 1. The Morgan fingerprint density at radius 1 is 1.07 bits per heavy atom. The lowest BCUT2D eigenvalue weighted by Gasteiger charge is -2.20. The lowest BCUT2D eigenvalue weighted by Crippen LogP contribution is -2.14. The van der Waals surface area contributed by atoms with E-state index in [1.165, 1.54) is 0 Å². The summed E-state index contributed by atoms with van der Waals surface area (Å²) in [4.78, 5) is 13.2. The highest BCUT2D eigenvalue weighted by Crippen LogP contribution is 2.48. The van der Waals surface area contributed by atoms with Gasteiger partial charge in [0.05, 0.1) is 12.2 Å². The molecule has 5 rings (SSSR count). The van der Waals surface area contributed by atoms with Gasteiger partial charge >= 0.3 is 0 Å². The zero-order chi connectivity index (χ0) is 20.5. The van der Waals surface area contributed by atoms with Crippen LogP contribution in [0.3, 0.4) is 0 Å². The second kappa shape index (κ2) is 8.22. The molecule has 0 radical (unpaired) electrons. The second-order valence-corrected chi connectivity index (χ2v) is 8.12. The van der Waals surface area contributed by atoms with Crippen molar-refractivity contribution in [3.05, 3.63) is 93.5 Å². The molecule has 5 nitrogen and oxygen atoms in total. The van der Waals surface area contributed by atoms with E-state index in [1.807, 2.05) is 60.7 Å². The van der Waals surface area contributed by atoms with E-state index < -0.39 is 6.10 Å². The molecule has 2 aliphatic rings. The van der Waals surface area contributed by atoms with Gasteiger partial charge in [0.15, 0.2) is 18.7 Å². The number of fused-ring (bicyclic) bond motifs is 1. The number of halogens is 1. The summed E-state index contributed by atoms with van der Waals surface area (Å²) < 4.78 is 23.7. The Labute approximate surface area is 182 Å². The summed E-state index contributed by atoms with van der Waals surface area (Å²) in [6.07, 6.45) is -0.902. The maximum Gasteiger partial charge on any atom is 0.198 e. The minimum Gasteiger partial charge on any atom is -0.488 e. The van der Waals surface area contributed by atoms with Crippen LogP contribution in [-0.2, 0) is 22.7 Å². The van der Waals surface area contributed by atoms with E-state index in [1.54, 1.807) is 6.07 Å². The molecule has 3 aromatic rings. The minimum absolute atomic E-state index is 0.0931. The molecular weight excluding hydrogens is 448 g/mol. The summed E-state index contributed by atoms with van der Waals surface area (Å²) in [6, 6.07) is 21.1. The third kappa shape index (κ3) is 3.86. The lowest BCUT2D eigenvalue weighted by molar-refractivity contribution is -0.0173. The topological polar surface area (TPSA) is 57.3 Å². The maximum absolute atomic E-state index is 13.2. The van der Waals surface area contributed by atoms with Crippen LogP contribution in [-0.4, -0.2) is 18.7 Å². The van der Waals surface area contributed by atoms with Gasteiger partial charge in [0.25, 0.3) is 0 Å². The van der Waals surface area contributed by atoms with E-state index >= 15 is 0 Å². The molecule has 0 N–H and O–H groups in total. The Bertz CT molecular complexity index is 1080. The standard InChI is InChI=1S/C24H19BrO5/c25-17-10-16-13-27-14-29-22(16)19(11-17)23-24(30-23)21(26)18-8-4-5-9-20(18)28-12-15-6-2-1-3-7-15/h1-11,23-24H,12-14H2/t23-,24-/m1/s1. The molecule has 0 unspecified atom stereocenters. The molecule has 2 heterocycles. The number of carbonyl (C=O) groups is 1. The van der Waals surface area contributed by atoms with Crippen LogP contribution >= 0.6 is 15.9 Å². The van der Waals surface area contributed by atoms with Gasteiger partial charge in [-0.15, -0.1) is 0 Å². The average Bonchev–Trinajstić information content (AvgIpc) is 3.58. The zero-order valence-corrected chi connectivity index (χ0v) is 17.6. The van der Waals surface area contributed by atoms with Crippen molar-refractivity contribution < 1.29 is 23.7 Å². The fourth-order valence-corrected chi connectivity index (χ4v) is 4.18. The Morgan fingerprint density at radius 2 is 1.87 bits per heavy atom. The average molecular weight is 467 g/mol. The van der Waals surface area contributed by atoms with Gasteiger partial charge < -0.3 is 18.9 Å². The van der Waals surface area contributed by atoms with Crippen LogP contribution in [0.4, 0.5) is 0 Å². The normalized spacial score (nSPS) is 19.5. The lowest BCUT2D eigenvalue weighted by atomic mass is 9.99. The highest BCUT2D eigenvalue weighted by molar-refractivity contribution is 9.10. The van der Waals surface area contributed by atoms with E-state index in [-0.39, 0.29) is 18.7 Å². The van der Waals surface area contributed by atoms with E-state index in [9.17, 15) is 4.79 Å². The maximum atomic E-state index is 13.2. The number of hydrogen-bond acceptors (Lipinski definition) is 5. The third-order valence-corrected chi connectivity index (χ3v) is 5.61. The second-order valence-electron chi connectivity index (χ2n) is 7.21. The van der Waals surface area contributed by atoms with Crippen LogP contribution in [0, 0.1) is 0 Å². The minimum atomic E-state index is -0.559. The van der Waals surface area contributed by atoms with Crippen LogP contribution in [0.1, 0.15) is 33.2 Å². The van der Waals surface area contributed by atoms with Gasteiger partial charge in [-0.3, -0.25) is 4.79 Å². The predicted molar refractivity (Wildman–Crippen MR) is 114 cm³/mol. The summed E-state index contributed by atoms with van der Waals surface area (Å²) in [7, 11) is 0. The Balaban J connectivity index is 1.35. The number of epoxide rings is 1. The first kappa shape index (κ1) is 19.3. The number of para-hydroxylation sites is 1. The van der Waals surface area contributed by atoms with Gasteiger partial charge in [-0.2, -0.15) is 0 Å². The quantitative estimate of drug-likeness (QED) is 0.368. The summed E-state index contributed by atoms with van der Waals surface area (Å²) >= 11 is 3.52. The molecule has 0 spiro atoms. The first-order valence-electron chi connectivity index (χ1n) is 9.69. The van der Waals surface area contributed by atoms with Gasteiger partial charge in [-0.05, 0) is 29.8 Å². The monoisotopic (exact) mass is 466 g/mol. The van der Waals surface area contributed by atoms with Crippen molar-refractivity contribution >= 4 is 21.7 Å². The molecule has 0 amide bonds. The summed E-state index contributed by atoms with van der Waals surface area (Å²) in [5.74, 6) is 1.21. The highest BCUT2D eigenvalue weighted by Gasteiger charge is 2.49. The number of carbonyl (C=O) groups excluding carboxylic acids is 1. The van der Waals surface area contributed by atoms with Crippen molar-refractivity contribution in [3.8, 4) is 11.5 Å². The van der Waals surface area contributed by atoms with Gasteiger partial charge in [-0.25, -0.2) is 0 Å². The van der Waals surface area contributed by atoms with Crippen LogP contribution < -0.4 is 9.47 Å². The van der Waals surface area contributed by atoms with Crippen molar-refractivity contribution in [2.75, 3.05) is 6.79 Å². The molecule has 2 aliphatic heterocycles. The summed E-state index contributed by atoms with van der Waals surface area (Å²) in [6.45, 7) is 1.07. The molecule has 152 valence electrons. The summed E-state index contributed by atoms with van der Waals surface area (Å²) in [5, 5.41) is 0. The largest absolute Gasteiger partial charge is 0.488 e. The van der Waals surface area contributed by atoms with Gasteiger partial charge in [0.1, 0.15) is 24.2 Å². The molecule has 3 aromatic carbocycles. The van der Waals surface area contributed by atoms with Gasteiger partial charge in [0, 0.05) is 15.6 Å². The fourth-order valence-electron chi connectivity index (χ4n) is 3.65. The smallest absolute Gasteiger partial charge is 0.198 e. The van der Waals surface area contributed by atoms with Gasteiger partial charge in [-0.1, -0.05) is 58.4 Å². The number of hydrogen-bond donors (Lipinski definition) is 0. The number of ether oxygens (including phenoxy) is 4. The SMILES string of the molecule is O=C(c1ccccc1OCc1ccccc1)[C@H]1O[C@@H]1c1cc(Br)cc2c1OCOC2. The predicted octanol–water partition coefficient (Wildman–Crippen LogP) is 5.22. The van der Waals surface area contributed by atoms with E-state index in [4.69, 9.17) is 18.9 Å². The van der Waals surface area contributed by atoms with Crippen LogP contribution in [0.15, 0.2) is 71.2 Å². The summed E-state index contributed by atoms with van der Waals surface area (Å²) in [5.41, 5.74) is 3.37. The van der Waals surface area contributed by atoms with Crippen LogP contribution in [0.25, 0.3) is 0 Å². The van der Waals surface area contributed by atoms with Crippen molar-refractivity contribution in [1.29, 1.82) is 0 Å². The Morgan fingerprint density at radius 3 is 2.73 bits per heavy atom. The molecule has 1 saturated heterocycles. The molecule has 0 bridgehead atoms.